The van der Waals surface area contributed by atoms with Crippen molar-refractivity contribution < 1.29 is 4.79 Å². The molecule has 1 unspecified atom stereocenters. The molecule has 0 saturated carbocycles. The van der Waals surface area contributed by atoms with Crippen molar-refractivity contribution >= 4 is 5.78 Å². The average molecular weight is 217 g/mol. The molecule has 1 aliphatic heterocycles. The Morgan fingerprint density at radius 1 is 1.07 bits per heavy atom. The standard InChI is InChI=1S/C7H13NO.3C2H6/c1-6(9)7-4-3-5-8(7)2;3*1-2/h7H,3-5H2,1-2H3;3*1-2H3. The molecular weight excluding hydrogens is 186 g/mol. The molecule has 1 rings (SSSR count). The first kappa shape index (κ1) is 20.1. The van der Waals surface area contributed by atoms with Crippen LogP contribution in [0, 0.1) is 0 Å². The summed E-state index contributed by atoms with van der Waals surface area (Å²) in [7, 11) is 2.01. The molecular formula is C13H31NO. The number of likely N-dealkylation sites (N-methyl/N-ethyl adjacent to an activating group) is 1. The third-order valence-electron chi connectivity index (χ3n) is 1.99. The lowest BCUT2D eigenvalue weighted by Crippen LogP contribution is -2.30. The predicted molar refractivity (Wildman–Crippen MR) is 70.4 cm³/mol. The van der Waals surface area contributed by atoms with E-state index in [1.54, 1.807) is 6.92 Å². The molecule has 94 valence electrons. The van der Waals surface area contributed by atoms with Gasteiger partial charge in [0.15, 0.2) is 0 Å². The zero-order chi connectivity index (χ0) is 12.9. The minimum atomic E-state index is 0.227. The first-order valence-electron chi connectivity index (χ1n) is 6.42. The molecule has 0 aromatic heterocycles. The zero-order valence-electron chi connectivity index (χ0n) is 12.1. The SMILES string of the molecule is CC.CC.CC.CC(=O)C1CCCN1C. The van der Waals surface area contributed by atoms with Crippen LogP contribution in [0.4, 0.5) is 0 Å². The van der Waals surface area contributed by atoms with E-state index in [4.69, 9.17) is 0 Å². The highest BCUT2D eigenvalue weighted by atomic mass is 16.1. The summed E-state index contributed by atoms with van der Waals surface area (Å²) in [6.07, 6.45) is 2.24. The summed E-state index contributed by atoms with van der Waals surface area (Å²) in [5, 5.41) is 0. The third-order valence-corrected chi connectivity index (χ3v) is 1.99. The van der Waals surface area contributed by atoms with E-state index in [0.29, 0.717) is 5.78 Å². The van der Waals surface area contributed by atoms with E-state index >= 15 is 0 Å². The lowest BCUT2D eigenvalue weighted by molar-refractivity contribution is -0.120. The van der Waals surface area contributed by atoms with Crippen molar-refractivity contribution in [2.75, 3.05) is 13.6 Å². The van der Waals surface area contributed by atoms with Crippen molar-refractivity contribution in [2.45, 2.75) is 67.3 Å². The maximum atomic E-state index is 10.8. The molecule has 1 saturated heterocycles. The zero-order valence-corrected chi connectivity index (χ0v) is 12.1. The number of carbonyl (C=O) groups excluding carboxylic acids is 1. The van der Waals surface area contributed by atoms with Crippen molar-refractivity contribution in [3.8, 4) is 0 Å². The molecule has 0 N–H and O–H groups in total. The molecule has 1 fully saturated rings. The molecule has 0 spiro atoms. The van der Waals surface area contributed by atoms with Gasteiger partial charge in [0.1, 0.15) is 5.78 Å². The highest BCUT2D eigenvalue weighted by Gasteiger charge is 2.23. The predicted octanol–water partition coefficient (Wildman–Crippen LogP) is 3.75. The van der Waals surface area contributed by atoms with Crippen molar-refractivity contribution in [1.82, 2.24) is 4.90 Å². The highest BCUT2D eigenvalue weighted by molar-refractivity contribution is 5.81. The molecule has 0 bridgehead atoms. The van der Waals surface area contributed by atoms with Gasteiger partial charge in [0.2, 0.25) is 0 Å². The summed E-state index contributed by atoms with van der Waals surface area (Å²) < 4.78 is 0. The summed E-state index contributed by atoms with van der Waals surface area (Å²) >= 11 is 0. The number of carbonyl (C=O) groups is 1. The number of nitrogens with zero attached hydrogens (tertiary/aromatic N) is 1. The second-order valence-electron chi connectivity index (χ2n) is 2.75. The van der Waals surface area contributed by atoms with Crippen LogP contribution < -0.4 is 0 Å². The molecule has 1 atom stereocenters. The van der Waals surface area contributed by atoms with Crippen LogP contribution in [0.25, 0.3) is 0 Å². The van der Waals surface area contributed by atoms with Gasteiger partial charge in [-0.2, -0.15) is 0 Å². The van der Waals surface area contributed by atoms with Gasteiger partial charge < -0.3 is 0 Å². The Morgan fingerprint density at radius 3 is 1.60 bits per heavy atom. The third kappa shape index (κ3) is 9.92. The Labute approximate surface area is 97.1 Å². The number of hydrogen-bond donors (Lipinski definition) is 0. The summed E-state index contributed by atoms with van der Waals surface area (Å²) in [5.74, 6) is 0.315. The largest absolute Gasteiger partial charge is 0.298 e. The Hall–Kier alpha value is -0.370. The van der Waals surface area contributed by atoms with Crippen molar-refractivity contribution in [3.63, 3.8) is 0 Å². The van der Waals surface area contributed by atoms with E-state index in [1.807, 2.05) is 48.6 Å². The minimum absolute atomic E-state index is 0.227. The fraction of sp³-hybridized carbons (Fsp3) is 0.923. The maximum absolute atomic E-state index is 10.8. The van der Waals surface area contributed by atoms with Gasteiger partial charge in [0.25, 0.3) is 0 Å². The van der Waals surface area contributed by atoms with E-state index in [0.717, 1.165) is 13.0 Å². The van der Waals surface area contributed by atoms with Gasteiger partial charge in [0, 0.05) is 0 Å². The number of likely N-dealkylation sites (tertiary alicyclic amines) is 1. The van der Waals surface area contributed by atoms with Gasteiger partial charge in [-0.3, -0.25) is 9.69 Å². The van der Waals surface area contributed by atoms with E-state index in [9.17, 15) is 4.79 Å². The molecule has 0 aliphatic carbocycles. The Kier molecular flexibility index (Phi) is 21.5. The molecule has 2 nitrogen and oxygen atoms in total. The Balaban J connectivity index is -0.000000208. The van der Waals surface area contributed by atoms with Gasteiger partial charge in [-0.15, -0.1) is 0 Å². The molecule has 1 heterocycles. The van der Waals surface area contributed by atoms with Gasteiger partial charge in [-0.1, -0.05) is 41.5 Å². The van der Waals surface area contributed by atoms with Gasteiger partial charge in [-0.05, 0) is 33.4 Å². The normalized spacial score (nSPS) is 18.5. The van der Waals surface area contributed by atoms with Crippen LogP contribution in [-0.4, -0.2) is 30.3 Å². The first-order chi connectivity index (χ1) is 7.22. The van der Waals surface area contributed by atoms with Crippen molar-refractivity contribution in [1.29, 1.82) is 0 Å². The van der Waals surface area contributed by atoms with Crippen molar-refractivity contribution in [2.24, 2.45) is 0 Å². The number of ketones is 1. The number of hydrogen-bond acceptors (Lipinski definition) is 2. The fourth-order valence-electron chi connectivity index (χ4n) is 1.42. The molecule has 15 heavy (non-hydrogen) atoms. The Morgan fingerprint density at radius 2 is 1.47 bits per heavy atom. The number of Topliss-reactive ketones (excluding diaryl/α,β-unsaturated/α-hetero) is 1. The summed E-state index contributed by atoms with van der Waals surface area (Å²) in [6.45, 7) is 14.8. The van der Waals surface area contributed by atoms with Gasteiger partial charge in [-0.25, -0.2) is 0 Å². The van der Waals surface area contributed by atoms with E-state index in [2.05, 4.69) is 4.90 Å². The summed E-state index contributed by atoms with van der Waals surface area (Å²) in [5.41, 5.74) is 0. The number of rotatable bonds is 1. The molecule has 2 heteroatoms. The molecule has 0 aromatic carbocycles. The van der Waals surface area contributed by atoms with Crippen LogP contribution in [0.2, 0.25) is 0 Å². The topological polar surface area (TPSA) is 20.3 Å². The molecule has 1 aliphatic rings. The van der Waals surface area contributed by atoms with Gasteiger partial charge >= 0.3 is 0 Å². The fourth-order valence-corrected chi connectivity index (χ4v) is 1.42. The van der Waals surface area contributed by atoms with Crippen LogP contribution >= 0.6 is 0 Å². The minimum Gasteiger partial charge on any atom is -0.298 e. The quantitative estimate of drug-likeness (QED) is 0.667. The lowest BCUT2D eigenvalue weighted by Gasteiger charge is -2.14. The first-order valence-corrected chi connectivity index (χ1v) is 6.42. The van der Waals surface area contributed by atoms with Crippen LogP contribution in [0.5, 0.6) is 0 Å². The van der Waals surface area contributed by atoms with Crippen molar-refractivity contribution in [3.05, 3.63) is 0 Å². The lowest BCUT2D eigenvalue weighted by atomic mass is 10.1. The average Bonchev–Trinajstić information content (AvgIpc) is 2.73. The van der Waals surface area contributed by atoms with E-state index in [1.165, 1.54) is 6.42 Å². The van der Waals surface area contributed by atoms with Crippen LogP contribution in [0.1, 0.15) is 61.3 Å². The Bertz CT molecular complexity index is 124. The highest BCUT2D eigenvalue weighted by Crippen LogP contribution is 2.14. The molecule has 0 radical (unpaired) electrons. The summed E-state index contributed by atoms with van der Waals surface area (Å²) in [4.78, 5) is 12.9. The van der Waals surface area contributed by atoms with E-state index < -0.39 is 0 Å². The maximum Gasteiger partial charge on any atom is 0.146 e. The second-order valence-corrected chi connectivity index (χ2v) is 2.75. The smallest absolute Gasteiger partial charge is 0.146 e. The summed E-state index contributed by atoms with van der Waals surface area (Å²) in [6, 6.07) is 0.227. The van der Waals surface area contributed by atoms with Gasteiger partial charge in [0.05, 0.1) is 6.04 Å². The van der Waals surface area contributed by atoms with Crippen LogP contribution in [-0.2, 0) is 4.79 Å². The second kappa shape index (κ2) is 16.1. The van der Waals surface area contributed by atoms with E-state index in [-0.39, 0.29) is 6.04 Å². The molecule has 0 aromatic rings. The van der Waals surface area contributed by atoms with Crippen LogP contribution in [0.15, 0.2) is 0 Å². The van der Waals surface area contributed by atoms with Crippen LogP contribution in [0.3, 0.4) is 0 Å². The molecule has 0 amide bonds. The monoisotopic (exact) mass is 217 g/mol.